The lowest BCUT2D eigenvalue weighted by Crippen LogP contribution is -2.39. The minimum atomic E-state index is 0. The number of likely N-dealkylation sites (N-methyl/N-ethyl adjacent to an activating group) is 1. The summed E-state index contributed by atoms with van der Waals surface area (Å²) in [5.41, 5.74) is 0.971. The Morgan fingerprint density at radius 1 is 1.35 bits per heavy atom. The van der Waals surface area contributed by atoms with E-state index in [0.29, 0.717) is 13.1 Å². The molecule has 0 aliphatic carbocycles. The Morgan fingerprint density at radius 3 is 2.75 bits per heavy atom. The summed E-state index contributed by atoms with van der Waals surface area (Å²) in [5, 5.41) is 3.13. The van der Waals surface area contributed by atoms with Crippen LogP contribution in [-0.4, -0.2) is 43.7 Å². The molecule has 1 aliphatic rings. The van der Waals surface area contributed by atoms with E-state index >= 15 is 0 Å². The second-order valence-electron chi connectivity index (χ2n) is 4.98. The summed E-state index contributed by atoms with van der Waals surface area (Å²) in [6.45, 7) is 1.84. The molecule has 1 unspecified atom stereocenters. The Bertz CT molecular complexity index is 394. The van der Waals surface area contributed by atoms with Crippen molar-refractivity contribution in [2.75, 3.05) is 32.1 Å². The van der Waals surface area contributed by atoms with Crippen LogP contribution >= 0.6 is 12.4 Å². The third-order valence-electron chi connectivity index (χ3n) is 3.39. The topological polar surface area (TPSA) is 41.6 Å². The van der Waals surface area contributed by atoms with Gasteiger partial charge < -0.3 is 15.0 Å². The van der Waals surface area contributed by atoms with Gasteiger partial charge in [-0.15, -0.1) is 12.4 Å². The molecule has 5 heteroatoms. The first-order valence-electron chi connectivity index (χ1n) is 6.90. The molecule has 1 heterocycles. The van der Waals surface area contributed by atoms with E-state index in [1.54, 1.807) is 4.90 Å². The first kappa shape index (κ1) is 16.8. The van der Waals surface area contributed by atoms with Gasteiger partial charge in [-0.3, -0.25) is 4.79 Å². The molecule has 0 bridgehead atoms. The minimum Gasteiger partial charge on any atom is -0.376 e. The summed E-state index contributed by atoms with van der Waals surface area (Å²) in [7, 11) is 1.84. The summed E-state index contributed by atoms with van der Waals surface area (Å²) in [5.74, 6) is 0.0954. The average Bonchev–Trinajstić information content (AvgIpc) is 2.47. The van der Waals surface area contributed by atoms with Crippen molar-refractivity contribution in [1.29, 1.82) is 0 Å². The quantitative estimate of drug-likeness (QED) is 0.908. The predicted octanol–water partition coefficient (Wildman–Crippen LogP) is 2.55. The smallest absolute Gasteiger partial charge is 0.241 e. The number of benzene rings is 1. The van der Waals surface area contributed by atoms with Crippen LogP contribution in [0, 0.1) is 0 Å². The van der Waals surface area contributed by atoms with Gasteiger partial charge in [-0.25, -0.2) is 0 Å². The summed E-state index contributed by atoms with van der Waals surface area (Å²) in [6, 6.07) is 9.77. The number of rotatable bonds is 5. The number of amides is 1. The Hall–Kier alpha value is -1.26. The number of hydrogen-bond donors (Lipinski definition) is 1. The molecular weight excluding hydrogens is 276 g/mol. The van der Waals surface area contributed by atoms with Crippen LogP contribution in [0.1, 0.15) is 19.3 Å². The van der Waals surface area contributed by atoms with Gasteiger partial charge in [0.1, 0.15) is 0 Å². The van der Waals surface area contributed by atoms with Gasteiger partial charge in [0.2, 0.25) is 5.91 Å². The number of carbonyl (C=O) groups excluding carboxylic acids is 1. The van der Waals surface area contributed by atoms with Crippen molar-refractivity contribution in [3.8, 4) is 0 Å². The van der Waals surface area contributed by atoms with Gasteiger partial charge in [0, 0.05) is 25.9 Å². The Labute approximate surface area is 126 Å². The van der Waals surface area contributed by atoms with Crippen molar-refractivity contribution in [3.63, 3.8) is 0 Å². The molecule has 0 aromatic heterocycles. The van der Waals surface area contributed by atoms with Crippen LogP contribution in [0.15, 0.2) is 30.3 Å². The standard InChI is InChI=1S/C15H22N2O2.ClH/c1-17(12-14-9-5-6-10-19-14)15(18)11-16-13-7-3-2-4-8-13;/h2-4,7-8,14,16H,5-6,9-12H2,1H3;1H. The molecule has 1 saturated heterocycles. The molecule has 112 valence electrons. The molecule has 1 atom stereocenters. The fourth-order valence-corrected chi connectivity index (χ4v) is 2.23. The van der Waals surface area contributed by atoms with Gasteiger partial charge in [-0.1, -0.05) is 18.2 Å². The number of nitrogens with one attached hydrogen (secondary N) is 1. The largest absolute Gasteiger partial charge is 0.376 e. The molecule has 2 rings (SSSR count). The minimum absolute atomic E-state index is 0. The highest BCUT2D eigenvalue weighted by molar-refractivity contribution is 5.85. The van der Waals surface area contributed by atoms with E-state index in [9.17, 15) is 4.79 Å². The summed E-state index contributed by atoms with van der Waals surface area (Å²) in [4.78, 5) is 13.8. The van der Waals surface area contributed by atoms with Crippen molar-refractivity contribution in [2.45, 2.75) is 25.4 Å². The maximum Gasteiger partial charge on any atom is 0.241 e. The molecule has 1 aliphatic heterocycles. The lowest BCUT2D eigenvalue weighted by Gasteiger charge is -2.27. The van der Waals surface area contributed by atoms with E-state index < -0.39 is 0 Å². The number of carbonyl (C=O) groups is 1. The van der Waals surface area contributed by atoms with Crippen molar-refractivity contribution in [3.05, 3.63) is 30.3 Å². The lowest BCUT2D eigenvalue weighted by atomic mass is 10.1. The molecule has 0 radical (unpaired) electrons. The Balaban J connectivity index is 0.00000200. The highest BCUT2D eigenvalue weighted by Crippen LogP contribution is 2.13. The molecule has 1 fully saturated rings. The molecule has 1 aromatic rings. The van der Waals surface area contributed by atoms with Gasteiger partial charge >= 0.3 is 0 Å². The van der Waals surface area contributed by atoms with E-state index in [4.69, 9.17) is 4.74 Å². The van der Waals surface area contributed by atoms with Crippen LogP contribution in [0.25, 0.3) is 0 Å². The van der Waals surface area contributed by atoms with Crippen LogP contribution in [0.2, 0.25) is 0 Å². The van der Waals surface area contributed by atoms with E-state index in [2.05, 4.69) is 5.32 Å². The fraction of sp³-hybridized carbons (Fsp3) is 0.533. The lowest BCUT2D eigenvalue weighted by molar-refractivity contribution is -0.130. The second kappa shape index (κ2) is 8.82. The van der Waals surface area contributed by atoms with Gasteiger partial charge in [0.25, 0.3) is 0 Å². The first-order valence-corrected chi connectivity index (χ1v) is 6.90. The Morgan fingerprint density at radius 2 is 2.10 bits per heavy atom. The van der Waals surface area contributed by atoms with Crippen molar-refractivity contribution in [1.82, 2.24) is 4.90 Å². The second-order valence-corrected chi connectivity index (χ2v) is 4.98. The number of hydrogen-bond acceptors (Lipinski definition) is 3. The SMILES string of the molecule is CN(CC1CCCCO1)C(=O)CNc1ccccc1.Cl. The van der Waals surface area contributed by atoms with Crippen molar-refractivity contribution >= 4 is 24.0 Å². The molecular formula is C15H23ClN2O2. The van der Waals surface area contributed by atoms with Gasteiger partial charge in [0.05, 0.1) is 12.6 Å². The molecule has 0 saturated carbocycles. The van der Waals surface area contributed by atoms with Gasteiger partial charge in [-0.05, 0) is 31.4 Å². The number of nitrogens with zero attached hydrogens (tertiary/aromatic N) is 1. The van der Waals surface area contributed by atoms with Crippen LogP contribution in [0.5, 0.6) is 0 Å². The van der Waals surface area contributed by atoms with Crippen LogP contribution in [0.3, 0.4) is 0 Å². The summed E-state index contributed by atoms with van der Waals surface area (Å²) < 4.78 is 5.65. The van der Waals surface area contributed by atoms with Gasteiger partial charge in [0.15, 0.2) is 0 Å². The van der Waals surface area contributed by atoms with Crippen LogP contribution in [-0.2, 0) is 9.53 Å². The first-order chi connectivity index (χ1) is 9.25. The number of para-hydroxylation sites is 1. The average molecular weight is 299 g/mol. The number of halogens is 1. The zero-order chi connectivity index (χ0) is 13.5. The molecule has 1 aromatic carbocycles. The van der Waals surface area contributed by atoms with E-state index in [0.717, 1.165) is 25.1 Å². The third kappa shape index (κ3) is 5.39. The summed E-state index contributed by atoms with van der Waals surface area (Å²) in [6.07, 6.45) is 3.61. The van der Waals surface area contributed by atoms with Crippen molar-refractivity contribution < 1.29 is 9.53 Å². The molecule has 20 heavy (non-hydrogen) atoms. The monoisotopic (exact) mass is 298 g/mol. The fourth-order valence-electron chi connectivity index (χ4n) is 2.23. The highest BCUT2D eigenvalue weighted by atomic mass is 35.5. The zero-order valence-corrected chi connectivity index (χ0v) is 12.7. The summed E-state index contributed by atoms with van der Waals surface area (Å²) >= 11 is 0. The maximum absolute atomic E-state index is 12.0. The number of anilines is 1. The van der Waals surface area contributed by atoms with Crippen LogP contribution < -0.4 is 5.32 Å². The number of ether oxygens (including phenoxy) is 1. The molecule has 4 nitrogen and oxygen atoms in total. The molecule has 1 N–H and O–H groups in total. The predicted molar refractivity (Wildman–Crippen MR) is 83.4 cm³/mol. The van der Waals surface area contributed by atoms with Gasteiger partial charge in [-0.2, -0.15) is 0 Å². The third-order valence-corrected chi connectivity index (χ3v) is 3.39. The normalized spacial score (nSPS) is 17.9. The van der Waals surface area contributed by atoms with E-state index in [1.807, 2.05) is 37.4 Å². The van der Waals surface area contributed by atoms with Crippen molar-refractivity contribution in [2.24, 2.45) is 0 Å². The maximum atomic E-state index is 12.0. The van der Waals surface area contributed by atoms with E-state index in [-0.39, 0.29) is 24.4 Å². The zero-order valence-electron chi connectivity index (χ0n) is 11.9. The Kier molecular flexibility index (Phi) is 7.41. The molecule has 1 amide bonds. The molecule has 0 spiro atoms. The van der Waals surface area contributed by atoms with E-state index in [1.165, 1.54) is 6.42 Å². The van der Waals surface area contributed by atoms with Crippen LogP contribution in [0.4, 0.5) is 5.69 Å². The highest BCUT2D eigenvalue weighted by Gasteiger charge is 2.18.